The molecular weight excluding hydrogens is 791 g/mol. The molecule has 0 aliphatic carbocycles. The normalized spacial score (nSPS) is 12.8. The lowest BCUT2D eigenvalue weighted by Gasteiger charge is -2.20. The van der Waals surface area contributed by atoms with E-state index in [1.807, 2.05) is 6.08 Å². The average molecular weight is 903 g/mol. The Morgan fingerprint density at radius 2 is 0.734 bits per heavy atom. The summed E-state index contributed by atoms with van der Waals surface area (Å²) >= 11 is 0. The third-order valence-electron chi connectivity index (χ3n) is 13.2. The lowest BCUT2D eigenvalue weighted by molar-refractivity contribution is -0.143. The van der Waals surface area contributed by atoms with Crippen LogP contribution in [0.15, 0.2) is 24.3 Å². The van der Waals surface area contributed by atoms with Gasteiger partial charge in [0, 0.05) is 12.8 Å². The van der Waals surface area contributed by atoms with E-state index >= 15 is 0 Å². The van der Waals surface area contributed by atoms with Gasteiger partial charge in [0.05, 0.1) is 25.4 Å². The molecule has 0 radical (unpaired) electrons. The summed E-state index contributed by atoms with van der Waals surface area (Å²) in [5.41, 5.74) is 0. The number of nitrogens with one attached hydrogen (secondary N) is 1. The van der Waals surface area contributed by atoms with E-state index < -0.39 is 12.1 Å². The highest BCUT2D eigenvalue weighted by atomic mass is 16.5. The Kier molecular flexibility index (Phi) is 52.6. The topological polar surface area (TPSA) is 95.9 Å². The number of allylic oxidation sites excluding steroid dienone is 3. The average Bonchev–Trinajstić information content (AvgIpc) is 3.29. The second kappa shape index (κ2) is 54.0. The van der Waals surface area contributed by atoms with Crippen LogP contribution in [0.2, 0.25) is 0 Å². The van der Waals surface area contributed by atoms with Gasteiger partial charge in [-0.3, -0.25) is 9.59 Å². The number of aliphatic hydroxyl groups is 2. The molecule has 0 aromatic rings. The van der Waals surface area contributed by atoms with Crippen molar-refractivity contribution in [3.8, 4) is 0 Å². The molecule has 0 fully saturated rings. The van der Waals surface area contributed by atoms with Crippen molar-refractivity contribution in [3.63, 3.8) is 0 Å². The van der Waals surface area contributed by atoms with Gasteiger partial charge >= 0.3 is 5.97 Å². The van der Waals surface area contributed by atoms with E-state index in [1.165, 1.54) is 199 Å². The third-order valence-corrected chi connectivity index (χ3v) is 13.2. The first-order valence-corrected chi connectivity index (χ1v) is 28.6. The molecule has 0 saturated heterocycles. The van der Waals surface area contributed by atoms with E-state index in [9.17, 15) is 19.8 Å². The largest absolute Gasteiger partial charge is 0.466 e. The van der Waals surface area contributed by atoms with Gasteiger partial charge in [-0.25, -0.2) is 0 Å². The molecule has 6 nitrogen and oxygen atoms in total. The first-order chi connectivity index (χ1) is 31.5. The number of ether oxygens (including phenoxy) is 1. The molecule has 0 aromatic heterocycles. The molecule has 0 saturated carbocycles. The van der Waals surface area contributed by atoms with E-state index in [2.05, 4.69) is 31.3 Å². The summed E-state index contributed by atoms with van der Waals surface area (Å²) in [6.45, 7) is 4.85. The fraction of sp³-hybridized carbons (Fsp3) is 0.897. The van der Waals surface area contributed by atoms with Crippen LogP contribution >= 0.6 is 0 Å². The first-order valence-electron chi connectivity index (χ1n) is 28.6. The van der Waals surface area contributed by atoms with Crippen LogP contribution in [0.3, 0.4) is 0 Å². The number of hydrogen-bond acceptors (Lipinski definition) is 5. The van der Waals surface area contributed by atoms with Crippen molar-refractivity contribution in [2.24, 2.45) is 0 Å². The van der Waals surface area contributed by atoms with Crippen molar-refractivity contribution in [1.82, 2.24) is 5.32 Å². The van der Waals surface area contributed by atoms with Crippen molar-refractivity contribution >= 4 is 11.9 Å². The Morgan fingerprint density at radius 1 is 0.422 bits per heavy atom. The molecule has 6 heteroatoms. The second-order valence-electron chi connectivity index (χ2n) is 19.6. The Bertz CT molecular complexity index is 997. The van der Waals surface area contributed by atoms with Gasteiger partial charge in [0.1, 0.15) is 0 Å². The molecule has 0 aromatic carbocycles. The van der Waals surface area contributed by atoms with E-state index in [4.69, 9.17) is 4.74 Å². The molecule has 378 valence electrons. The van der Waals surface area contributed by atoms with Crippen molar-refractivity contribution in [2.45, 2.75) is 321 Å². The molecule has 0 bridgehead atoms. The van der Waals surface area contributed by atoms with Crippen LogP contribution in [-0.2, 0) is 14.3 Å². The van der Waals surface area contributed by atoms with Gasteiger partial charge in [0.2, 0.25) is 5.91 Å². The van der Waals surface area contributed by atoms with Gasteiger partial charge in [0.25, 0.3) is 0 Å². The van der Waals surface area contributed by atoms with E-state index in [0.717, 1.165) is 83.5 Å². The Balaban J connectivity index is 3.52. The van der Waals surface area contributed by atoms with E-state index in [-0.39, 0.29) is 18.5 Å². The predicted molar refractivity (Wildman–Crippen MR) is 278 cm³/mol. The van der Waals surface area contributed by atoms with Gasteiger partial charge in [-0.2, -0.15) is 0 Å². The van der Waals surface area contributed by atoms with E-state index in [0.29, 0.717) is 19.4 Å². The zero-order valence-corrected chi connectivity index (χ0v) is 43.0. The van der Waals surface area contributed by atoms with E-state index in [1.54, 1.807) is 6.08 Å². The lowest BCUT2D eigenvalue weighted by Crippen LogP contribution is -2.45. The van der Waals surface area contributed by atoms with Crippen molar-refractivity contribution < 1.29 is 24.5 Å². The maximum Gasteiger partial charge on any atom is 0.305 e. The van der Waals surface area contributed by atoms with Crippen LogP contribution in [0, 0.1) is 0 Å². The molecule has 2 atom stereocenters. The number of hydrogen-bond donors (Lipinski definition) is 3. The first kappa shape index (κ1) is 62.3. The van der Waals surface area contributed by atoms with Crippen LogP contribution in [-0.4, -0.2) is 47.4 Å². The highest BCUT2D eigenvalue weighted by Crippen LogP contribution is 2.17. The minimum atomic E-state index is -0.862. The smallest absolute Gasteiger partial charge is 0.305 e. The molecule has 1 amide bonds. The molecule has 0 heterocycles. The third kappa shape index (κ3) is 49.8. The van der Waals surface area contributed by atoms with Crippen LogP contribution in [0.5, 0.6) is 0 Å². The quantitative estimate of drug-likeness (QED) is 0.0321. The molecule has 0 aliphatic rings. The van der Waals surface area contributed by atoms with Crippen LogP contribution < -0.4 is 5.32 Å². The number of carbonyl (C=O) groups excluding carboxylic acids is 2. The number of carbonyl (C=O) groups is 2. The summed E-state index contributed by atoms with van der Waals surface area (Å²) in [6.07, 6.45) is 64.8. The molecule has 2 unspecified atom stereocenters. The summed E-state index contributed by atoms with van der Waals surface area (Å²) in [5.74, 6) is -0.123. The van der Waals surface area contributed by atoms with Crippen molar-refractivity contribution in [1.29, 1.82) is 0 Å². The molecular formula is C58H111NO5. The number of unbranched alkanes of at least 4 members (excludes halogenated alkanes) is 40. The second-order valence-corrected chi connectivity index (χ2v) is 19.6. The maximum atomic E-state index is 12.5. The molecule has 0 rings (SSSR count). The Hall–Kier alpha value is -1.66. The predicted octanol–water partition coefficient (Wildman–Crippen LogP) is 17.5. The minimum Gasteiger partial charge on any atom is -0.466 e. The SMILES string of the molecule is CCCCCCCCCCCCCCCCCC/C=C/C(O)C(CO)NC(=O)CCCCCCC/C=C\CCCCOC(=O)CCCCCCCCCCCCCCCCCCCC. The molecule has 0 aliphatic heterocycles. The maximum absolute atomic E-state index is 12.5. The van der Waals surface area contributed by atoms with Gasteiger partial charge in [-0.1, -0.05) is 263 Å². The highest BCUT2D eigenvalue weighted by molar-refractivity contribution is 5.76. The number of esters is 1. The summed E-state index contributed by atoms with van der Waals surface area (Å²) in [4.78, 5) is 24.5. The lowest BCUT2D eigenvalue weighted by atomic mass is 10.0. The Morgan fingerprint density at radius 3 is 1.11 bits per heavy atom. The summed E-state index contributed by atoms with van der Waals surface area (Å²) in [6, 6.07) is -0.649. The monoisotopic (exact) mass is 902 g/mol. The van der Waals surface area contributed by atoms with Gasteiger partial charge in [-0.15, -0.1) is 0 Å². The molecule has 3 N–H and O–H groups in total. The summed E-state index contributed by atoms with van der Waals surface area (Å²) < 4.78 is 5.46. The zero-order valence-electron chi connectivity index (χ0n) is 43.0. The standard InChI is InChI=1S/C58H111NO5/c1-3-5-7-9-11-13-15-17-19-21-23-25-27-30-34-38-42-46-50-56(61)55(54-60)59-57(62)51-47-43-39-35-31-29-33-37-41-45-49-53-64-58(63)52-48-44-40-36-32-28-26-24-22-20-18-16-14-12-10-8-6-4-2/h33,37,46,50,55-56,60-61H,3-32,34-36,38-45,47-49,51-54H2,1-2H3,(H,59,62)/b37-33-,50-46+. The van der Waals surface area contributed by atoms with Crippen LogP contribution in [0.4, 0.5) is 0 Å². The number of amides is 1. The van der Waals surface area contributed by atoms with Gasteiger partial charge in [0.15, 0.2) is 0 Å². The van der Waals surface area contributed by atoms with Gasteiger partial charge in [-0.05, 0) is 57.8 Å². The van der Waals surface area contributed by atoms with Crippen molar-refractivity contribution in [2.75, 3.05) is 13.2 Å². The van der Waals surface area contributed by atoms with Crippen molar-refractivity contribution in [3.05, 3.63) is 24.3 Å². The number of rotatable bonds is 53. The highest BCUT2D eigenvalue weighted by Gasteiger charge is 2.18. The summed E-state index contributed by atoms with van der Waals surface area (Å²) in [5, 5.41) is 23.1. The minimum absolute atomic E-state index is 0.0283. The molecule has 64 heavy (non-hydrogen) atoms. The van der Waals surface area contributed by atoms with Gasteiger partial charge < -0.3 is 20.3 Å². The fourth-order valence-electron chi connectivity index (χ4n) is 8.81. The Labute approximate surface area is 399 Å². The zero-order chi connectivity index (χ0) is 46.5. The summed E-state index contributed by atoms with van der Waals surface area (Å²) in [7, 11) is 0. The van der Waals surface area contributed by atoms with Crippen LogP contribution in [0.1, 0.15) is 309 Å². The molecule has 0 spiro atoms. The number of aliphatic hydroxyl groups excluding tert-OH is 2. The fourth-order valence-corrected chi connectivity index (χ4v) is 8.81. The van der Waals surface area contributed by atoms with Crippen LogP contribution in [0.25, 0.3) is 0 Å².